The number of urea groups is 1. The average Bonchev–Trinajstić information content (AvgIpc) is 3.50. The minimum absolute atomic E-state index is 0.218. The van der Waals surface area contributed by atoms with Gasteiger partial charge >= 0.3 is 12.0 Å². The Morgan fingerprint density at radius 3 is 2.28 bits per heavy atom. The van der Waals surface area contributed by atoms with Crippen LogP contribution in [0, 0.1) is 5.92 Å². The number of ether oxygens (including phenoxy) is 2. The number of amides is 2. The van der Waals surface area contributed by atoms with Crippen LogP contribution in [0.25, 0.3) is 11.1 Å². The van der Waals surface area contributed by atoms with Crippen LogP contribution in [0.1, 0.15) is 22.6 Å². The lowest BCUT2D eigenvalue weighted by atomic mass is 9.84. The van der Waals surface area contributed by atoms with Crippen LogP contribution < -0.4 is 9.64 Å². The van der Waals surface area contributed by atoms with E-state index in [1.807, 2.05) is 60.7 Å². The van der Waals surface area contributed by atoms with Crippen molar-refractivity contribution in [3.63, 3.8) is 0 Å². The first-order valence-electron chi connectivity index (χ1n) is 15.2. The SMILES string of the molecule is C=CCN1CC(c2cc(-c3ccccc3Cl)c3c(c2)N(c2c(Cl)cccc2Cl)C(=O)N(Cc2ccc(OC)cc2)C3)[C@@H](C(=O)OC)C1. The van der Waals surface area contributed by atoms with Gasteiger partial charge in [-0.1, -0.05) is 83.3 Å². The molecule has 0 aliphatic carbocycles. The molecule has 0 N–H and O–H groups in total. The van der Waals surface area contributed by atoms with E-state index in [1.165, 1.54) is 7.11 Å². The standard InChI is InChI=1S/C37H34Cl3N3O4/c1-4-16-41-20-28(30(21-41)36(44)47-3)24-17-27(26-8-5-6-9-31(26)38)29-22-42(19-23-12-14-25(46-2)15-13-23)37(45)43(34(29)18-24)35-32(39)10-7-11-33(35)40/h4-15,17-18,28,30H,1,16,19-22H2,2-3H3/t28?,30-/m0/s1. The fourth-order valence-corrected chi connectivity index (χ4v) is 7.42. The van der Waals surface area contributed by atoms with Gasteiger partial charge in [0.25, 0.3) is 0 Å². The fourth-order valence-electron chi connectivity index (χ4n) is 6.62. The summed E-state index contributed by atoms with van der Waals surface area (Å²) in [5, 5.41) is 1.23. The van der Waals surface area contributed by atoms with Crippen molar-refractivity contribution in [2.75, 3.05) is 38.8 Å². The number of fused-ring (bicyclic) bond motifs is 1. The van der Waals surface area contributed by atoms with E-state index in [2.05, 4.69) is 17.5 Å². The molecule has 2 amide bonds. The van der Waals surface area contributed by atoms with Crippen LogP contribution in [0.3, 0.4) is 0 Å². The van der Waals surface area contributed by atoms with Crippen LogP contribution in [0.4, 0.5) is 16.2 Å². The van der Waals surface area contributed by atoms with Gasteiger partial charge in [0.1, 0.15) is 5.75 Å². The smallest absolute Gasteiger partial charge is 0.329 e. The van der Waals surface area contributed by atoms with E-state index < -0.39 is 5.92 Å². The molecule has 2 atom stereocenters. The minimum atomic E-state index is -0.416. The lowest BCUT2D eigenvalue weighted by Crippen LogP contribution is -2.45. The third kappa shape index (κ3) is 6.46. The number of benzene rings is 4. The van der Waals surface area contributed by atoms with E-state index in [1.54, 1.807) is 35.1 Å². The molecule has 242 valence electrons. The number of para-hydroxylation sites is 1. The molecule has 1 fully saturated rings. The molecule has 47 heavy (non-hydrogen) atoms. The number of hydrogen-bond acceptors (Lipinski definition) is 5. The highest BCUT2D eigenvalue weighted by molar-refractivity contribution is 6.40. The summed E-state index contributed by atoms with van der Waals surface area (Å²) in [6, 6.07) is 24.3. The first-order valence-corrected chi connectivity index (χ1v) is 16.4. The lowest BCUT2D eigenvalue weighted by Gasteiger charge is -2.39. The summed E-state index contributed by atoms with van der Waals surface area (Å²) in [5.41, 5.74) is 5.37. The molecule has 0 aromatic heterocycles. The van der Waals surface area contributed by atoms with E-state index >= 15 is 0 Å². The predicted molar refractivity (Wildman–Crippen MR) is 188 cm³/mol. The number of carbonyl (C=O) groups excluding carboxylic acids is 2. The molecule has 1 saturated heterocycles. The van der Waals surface area contributed by atoms with Gasteiger partial charge in [0.2, 0.25) is 0 Å². The summed E-state index contributed by atoms with van der Waals surface area (Å²) in [7, 11) is 3.03. The molecule has 4 aromatic rings. The molecule has 4 aromatic carbocycles. The Labute approximate surface area is 289 Å². The van der Waals surface area contributed by atoms with Crippen molar-refractivity contribution in [2.45, 2.75) is 19.0 Å². The van der Waals surface area contributed by atoms with E-state index in [4.69, 9.17) is 44.3 Å². The maximum absolute atomic E-state index is 14.6. The molecule has 10 heteroatoms. The van der Waals surface area contributed by atoms with Gasteiger partial charge in [-0.05, 0) is 53.1 Å². The van der Waals surface area contributed by atoms with Crippen molar-refractivity contribution in [3.8, 4) is 16.9 Å². The van der Waals surface area contributed by atoms with Crippen LogP contribution in [-0.2, 0) is 22.6 Å². The summed E-state index contributed by atoms with van der Waals surface area (Å²) in [5.74, 6) is -0.192. The van der Waals surface area contributed by atoms with E-state index in [9.17, 15) is 9.59 Å². The number of nitrogens with zero attached hydrogens (tertiary/aromatic N) is 3. The molecule has 2 heterocycles. The maximum Gasteiger partial charge on any atom is 0.329 e. The number of esters is 1. The molecule has 0 saturated carbocycles. The van der Waals surface area contributed by atoms with Crippen molar-refractivity contribution >= 4 is 58.2 Å². The highest BCUT2D eigenvalue weighted by atomic mass is 35.5. The van der Waals surface area contributed by atoms with Gasteiger partial charge in [0.05, 0.1) is 48.1 Å². The monoisotopic (exact) mass is 689 g/mol. The molecule has 7 nitrogen and oxygen atoms in total. The van der Waals surface area contributed by atoms with Crippen molar-refractivity contribution < 1.29 is 19.1 Å². The summed E-state index contributed by atoms with van der Waals surface area (Å²) in [6.07, 6.45) is 1.83. The predicted octanol–water partition coefficient (Wildman–Crippen LogP) is 8.97. The highest BCUT2D eigenvalue weighted by Gasteiger charge is 2.41. The van der Waals surface area contributed by atoms with Gasteiger partial charge in [-0.3, -0.25) is 14.6 Å². The number of hydrogen-bond donors (Lipinski definition) is 0. The van der Waals surface area contributed by atoms with Crippen LogP contribution in [-0.4, -0.2) is 55.7 Å². The topological polar surface area (TPSA) is 62.3 Å². The number of methoxy groups -OCH3 is 2. The summed E-state index contributed by atoms with van der Waals surface area (Å²) in [4.78, 5) is 33.3. The molecule has 0 radical (unpaired) electrons. The van der Waals surface area contributed by atoms with Gasteiger partial charge in [-0.15, -0.1) is 6.58 Å². The average molecular weight is 691 g/mol. The van der Waals surface area contributed by atoms with Crippen molar-refractivity contribution in [1.82, 2.24) is 9.80 Å². The third-order valence-corrected chi connectivity index (χ3v) is 9.81. The Kier molecular flexibility index (Phi) is 9.80. The zero-order chi connectivity index (χ0) is 33.2. The molecular weight excluding hydrogens is 657 g/mol. The molecule has 1 unspecified atom stereocenters. The minimum Gasteiger partial charge on any atom is -0.497 e. The van der Waals surface area contributed by atoms with Crippen molar-refractivity contribution in [3.05, 3.63) is 123 Å². The normalized spacial score (nSPS) is 17.9. The zero-order valence-corrected chi connectivity index (χ0v) is 28.4. The number of halogens is 3. The fraction of sp³-hybridized carbons (Fsp3) is 0.243. The van der Waals surface area contributed by atoms with E-state index in [0.29, 0.717) is 59.2 Å². The van der Waals surface area contributed by atoms with Gasteiger partial charge in [0.15, 0.2) is 0 Å². The first-order chi connectivity index (χ1) is 22.7. The molecule has 2 aliphatic rings. The van der Waals surface area contributed by atoms with Gasteiger partial charge in [-0.25, -0.2) is 4.79 Å². The number of carbonyl (C=O) groups is 2. The summed E-state index contributed by atoms with van der Waals surface area (Å²) < 4.78 is 10.6. The molecular formula is C37H34Cl3N3O4. The van der Waals surface area contributed by atoms with Gasteiger partial charge in [-0.2, -0.15) is 0 Å². The Bertz CT molecular complexity index is 1810. The Morgan fingerprint density at radius 2 is 1.62 bits per heavy atom. The number of rotatable bonds is 9. The first kappa shape index (κ1) is 32.9. The second-order valence-electron chi connectivity index (χ2n) is 11.7. The van der Waals surface area contributed by atoms with Crippen LogP contribution >= 0.6 is 34.8 Å². The molecule has 0 bridgehead atoms. The van der Waals surface area contributed by atoms with Crippen molar-refractivity contribution in [2.24, 2.45) is 5.92 Å². The Hall–Kier alpha value is -4.01. The highest BCUT2D eigenvalue weighted by Crippen LogP contribution is 2.48. The maximum atomic E-state index is 14.6. The summed E-state index contributed by atoms with van der Waals surface area (Å²) >= 11 is 20.5. The zero-order valence-electron chi connectivity index (χ0n) is 26.1. The molecule has 6 rings (SSSR count). The molecule has 2 aliphatic heterocycles. The van der Waals surface area contributed by atoms with Crippen molar-refractivity contribution in [1.29, 1.82) is 0 Å². The van der Waals surface area contributed by atoms with E-state index in [0.717, 1.165) is 33.6 Å². The lowest BCUT2D eigenvalue weighted by molar-refractivity contribution is -0.145. The Morgan fingerprint density at radius 1 is 0.915 bits per heavy atom. The number of likely N-dealkylation sites (tertiary alicyclic amines) is 1. The van der Waals surface area contributed by atoms with E-state index in [-0.39, 0.29) is 17.9 Å². The second-order valence-corrected chi connectivity index (χ2v) is 12.9. The van der Waals surface area contributed by atoms with Gasteiger partial charge < -0.3 is 14.4 Å². The van der Waals surface area contributed by atoms with Gasteiger partial charge in [0, 0.05) is 48.2 Å². The third-order valence-electron chi connectivity index (χ3n) is 8.87. The molecule has 0 spiro atoms. The van der Waals surface area contributed by atoms with Crippen LogP contribution in [0.15, 0.2) is 91.5 Å². The Balaban J connectivity index is 1.58. The largest absolute Gasteiger partial charge is 0.497 e. The second kappa shape index (κ2) is 14.0. The van der Waals surface area contributed by atoms with Crippen LogP contribution in [0.5, 0.6) is 5.75 Å². The number of anilines is 2. The summed E-state index contributed by atoms with van der Waals surface area (Å²) in [6.45, 7) is 6.28. The van der Waals surface area contributed by atoms with Crippen LogP contribution in [0.2, 0.25) is 15.1 Å². The quantitative estimate of drug-likeness (QED) is 0.130.